The largest absolute Gasteiger partial charge is 0.346 e. The fourth-order valence-electron chi connectivity index (χ4n) is 1.10. The SMILES string of the molecule is CC.CCC(=O)C1CCC(=O)N1. The van der Waals surface area contributed by atoms with Crippen molar-refractivity contribution in [3.8, 4) is 0 Å². The monoisotopic (exact) mass is 171 g/mol. The first-order chi connectivity index (χ1) is 5.74. The summed E-state index contributed by atoms with van der Waals surface area (Å²) in [7, 11) is 0. The van der Waals surface area contributed by atoms with E-state index < -0.39 is 0 Å². The molecule has 0 aromatic carbocycles. The molecular weight excluding hydrogens is 154 g/mol. The molecule has 1 N–H and O–H groups in total. The van der Waals surface area contributed by atoms with Gasteiger partial charge in [0.1, 0.15) is 0 Å². The molecule has 0 aliphatic carbocycles. The highest BCUT2D eigenvalue weighted by Gasteiger charge is 2.25. The molecule has 3 heteroatoms. The Morgan fingerprint density at radius 1 is 1.58 bits per heavy atom. The van der Waals surface area contributed by atoms with Gasteiger partial charge in [0.2, 0.25) is 5.91 Å². The maximum absolute atomic E-state index is 10.9. The number of hydrogen-bond acceptors (Lipinski definition) is 2. The molecule has 1 rings (SSSR count). The van der Waals surface area contributed by atoms with Gasteiger partial charge in [0.15, 0.2) is 5.78 Å². The lowest BCUT2D eigenvalue weighted by molar-refractivity contribution is -0.124. The minimum Gasteiger partial charge on any atom is -0.346 e. The molecule has 3 nitrogen and oxygen atoms in total. The molecular formula is C9H17NO2. The molecule has 0 bridgehead atoms. The second kappa shape index (κ2) is 5.75. The summed E-state index contributed by atoms with van der Waals surface area (Å²) < 4.78 is 0. The van der Waals surface area contributed by atoms with Crippen molar-refractivity contribution in [1.82, 2.24) is 5.32 Å². The third kappa shape index (κ3) is 3.03. The minimum absolute atomic E-state index is 0.00630. The Labute approximate surface area is 73.5 Å². The van der Waals surface area contributed by atoms with Crippen LogP contribution in [0.15, 0.2) is 0 Å². The molecule has 70 valence electrons. The summed E-state index contributed by atoms with van der Waals surface area (Å²) in [5, 5.41) is 2.62. The number of nitrogens with one attached hydrogen (secondary N) is 1. The van der Waals surface area contributed by atoms with Crippen molar-refractivity contribution in [3.63, 3.8) is 0 Å². The second-order valence-electron chi connectivity index (χ2n) is 2.48. The number of carbonyl (C=O) groups excluding carboxylic acids is 2. The molecule has 1 atom stereocenters. The highest BCUT2D eigenvalue weighted by Crippen LogP contribution is 2.08. The average molecular weight is 171 g/mol. The maximum Gasteiger partial charge on any atom is 0.220 e. The van der Waals surface area contributed by atoms with Crippen LogP contribution in [0.2, 0.25) is 0 Å². The lowest BCUT2D eigenvalue weighted by atomic mass is 10.1. The molecule has 1 saturated heterocycles. The molecule has 0 aromatic heterocycles. The van der Waals surface area contributed by atoms with Crippen LogP contribution < -0.4 is 5.32 Å². The third-order valence-corrected chi connectivity index (χ3v) is 1.73. The van der Waals surface area contributed by atoms with Crippen molar-refractivity contribution in [2.45, 2.75) is 46.1 Å². The first kappa shape index (κ1) is 11.1. The van der Waals surface area contributed by atoms with Crippen LogP contribution in [0, 0.1) is 0 Å². The fraction of sp³-hybridized carbons (Fsp3) is 0.778. The van der Waals surface area contributed by atoms with Crippen LogP contribution in [0.1, 0.15) is 40.0 Å². The van der Waals surface area contributed by atoms with E-state index >= 15 is 0 Å². The first-order valence-electron chi connectivity index (χ1n) is 4.56. The predicted molar refractivity (Wildman–Crippen MR) is 47.8 cm³/mol. The molecule has 0 radical (unpaired) electrons. The van der Waals surface area contributed by atoms with Gasteiger partial charge in [-0.05, 0) is 6.42 Å². The van der Waals surface area contributed by atoms with E-state index in [1.807, 2.05) is 20.8 Å². The van der Waals surface area contributed by atoms with E-state index in [1.54, 1.807) is 0 Å². The van der Waals surface area contributed by atoms with Gasteiger partial charge in [-0.25, -0.2) is 0 Å². The molecule has 0 aromatic rings. The molecule has 1 amide bonds. The van der Waals surface area contributed by atoms with Crippen LogP contribution in [0.3, 0.4) is 0 Å². The van der Waals surface area contributed by atoms with Crippen molar-refractivity contribution >= 4 is 11.7 Å². The van der Waals surface area contributed by atoms with E-state index in [1.165, 1.54) is 0 Å². The summed E-state index contributed by atoms with van der Waals surface area (Å²) in [4.78, 5) is 21.6. The normalized spacial score (nSPS) is 20.9. The Hall–Kier alpha value is -0.860. The van der Waals surface area contributed by atoms with E-state index in [9.17, 15) is 9.59 Å². The van der Waals surface area contributed by atoms with Gasteiger partial charge in [0.05, 0.1) is 6.04 Å². The summed E-state index contributed by atoms with van der Waals surface area (Å²) in [6.45, 7) is 5.81. The van der Waals surface area contributed by atoms with Gasteiger partial charge < -0.3 is 5.32 Å². The van der Waals surface area contributed by atoms with E-state index in [0.717, 1.165) is 0 Å². The Bertz CT molecular complexity index is 166. The van der Waals surface area contributed by atoms with Gasteiger partial charge in [-0.1, -0.05) is 20.8 Å². The summed E-state index contributed by atoms with van der Waals surface area (Å²) in [6, 6.07) is -0.183. The molecule has 12 heavy (non-hydrogen) atoms. The summed E-state index contributed by atoms with van der Waals surface area (Å²) in [5.41, 5.74) is 0. The predicted octanol–water partition coefficient (Wildman–Crippen LogP) is 1.27. The van der Waals surface area contributed by atoms with E-state index in [2.05, 4.69) is 5.32 Å². The van der Waals surface area contributed by atoms with Crippen LogP contribution in [0.5, 0.6) is 0 Å². The van der Waals surface area contributed by atoms with Gasteiger partial charge in [-0.3, -0.25) is 9.59 Å². The van der Waals surface area contributed by atoms with Crippen LogP contribution in [0.4, 0.5) is 0 Å². The molecule has 1 fully saturated rings. The Balaban J connectivity index is 0.000000561. The van der Waals surface area contributed by atoms with E-state index in [4.69, 9.17) is 0 Å². The average Bonchev–Trinajstić information content (AvgIpc) is 2.54. The fourth-order valence-corrected chi connectivity index (χ4v) is 1.10. The Morgan fingerprint density at radius 3 is 2.50 bits per heavy atom. The van der Waals surface area contributed by atoms with E-state index in [0.29, 0.717) is 19.3 Å². The quantitative estimate of drug-likeness (QED) is 0.680. The third-order valence-electron chi connectivity index (χ3n) is 1.73. The van der Waals surface area contributed by atoms with Crippen LogP contribution in [-0.2, 0) is 9.59 Å². The number of Topliss-reactive ketones (excluding diaryl/α,β-unsaturated/α-hetero) is 1. The lowest BCUT2D eigenvalue weighted by Gasteiger charge is -2.04. The number of hydrogen-bond donors (Lipinski definition) is 1. The lowest BCUT2D eigenvalue weighted by Crippen LogP contribution is -2.32. The molecule has 1 aliphatic heterocycles. The standard InChI is InChI=1S/C7H11NO2.C2H6/c1-2-6(9)5-3-4-7(10)8-5;1-2/h5H,2-4H2,1H3,(H,8,10);1-2H3. The van der Waals surface area contributed by atoms with Crippen LogP contribution in [-0.4, -0.2) is 17.7 Å². The van der Waals surface area contributed by atoms with Crippen LogP contribution in [0.25, 0.3) is 0 Å². The number of rotatable bonds is 2. The molecule has 0 spiro atoms. The number of amides is 1. The zero-order valence-electron chi connectivity index (χ0n) is 8.02. The van der Waals surface area contributed by atoms with Crippen LogP contribution >= 0.6 is 0 Å². The summed E-state index contributed by atoms with van der Waals surface area (Å²) >= 11 is 0. The van der Waals surface area contributed by atoms with Crippen molar-refractivity contribution in [2.24, 2.45) is 0 Å². The van der Waals surface area contributed by atoms with Crippen molar-refractivity contribution < 1.29 is 9.59 Å². The molecule has 1 heterocycles. The highest BCUT2D eigenvalue weighted by atomic mass is 16.2. The highest BCUT2D eigenvalue weighted by molar-refractivity contribution is 5.91. The summed E-state index contributed by atoms with van der Waals surface area (Å²) in [6.07, 6.45) is 1.72. The smallest absolute Gasteiger partial charge is 0.220 e. The number of ketones is 1. The van der Waals surface area contributed by atoms with Crippen molar-refractivity contribution in [2.75, 3.05) is 0 Å². The first-order valence-corrected chi connectivity index (χ1v) is 4.56. The van der Waals surface area contributed by atoms with Gasteiger partial charge >= 0.3 is 0 Å². The zero-order chi connectivity index (χ0) is 9.56. The maximum atomic E-state index is 10.9. The second-order valence-corrected chi connectivity index (χ2v) is 2.48. The zero-order valence-corrected chi connectivity index (χ0v) is 8.02. The van der Waals surface area contributed by atoms with Gasteiger partial charge in [-0.2, -0.15) is 0 Å². The van der Waals surface area contributed by atoms with Crippen molar-refractivity contribution in [3.05, 3.63) is 0 Å². The van der Waals surface area contributed by atoms with Gasteiger partial charge in [0, 0.05) is 12.8 Å². The molecule has 1 aliphatic rings. The summed E-state index contributed by atoms with van der Waals surface area (Å²) in [5.74, 6) is 0.151. The number of carbonyl (C=O) groups is 2. The van der Waals surface area contributed by atoms with Gasteiger partial charge in [0.25, 0.3) is 0 Å². The Kier molecular flexibility index (Phi) is 5.34. The van der Waals surface area contributed by atoms with Crippen molar-refractivity contribution in [1.29, 1.82) is 0 Å². The molecule has 1 unspecified atom stereocenters. The Morgan fingerprint density at radius 2 is 2.17 bits per heavy atom. The molecule has 0 saturated carbocycles. The van der Waals surface area contributed by atoms with E-state index in [-0.39, 0.29) is 17.7 Å². The topological polar surface area (TPSA) is 46.2 Å². The van der Waals surface area contributed by atoms with Gasteiger partial charge in [-0.15, -0.1) is 0 Å². The minimum atomic E-state index is -0.183.